The Morgan fingerprint density at radius 1 is 1.62 bits per heavy atom. The number of nitrogens with two attached hydrogens (primary N) is 1. The summed E-state index contributed by atoms with van der Waals surface area (Å²) in [6.45, 7) is 1.83. The van der Waals surface area contributed by atoms with Crippen LogP contribution in [0.4, 0.5) is 0 Å². The molecule has 16 heavy (non-hydrogen) atoms. The molecule has 0 aliphatic heterocycles. The zero-order valence-electron chi connectivity index (χ0n) is 9.16. The summed E-state index contributed by atoms with van der Waals surface area (Å²) >= 11 is 5.99. The molecule has 0 saturated carbocycles. The molecule has 4 nitrogen and oxygen atoms in total. The molecule has 0 fully saturated rings. The molecule has 1 rings (SSSR count). The maximum absolute atomic E-state index is 11.0. The third kappa shape index (κ3) is 2.46. The molecule has 5 heteroatoms. The first kappa shape index (κ1) is 12.8. The highest BCUT2D eigenvalue weighted by Crippen LogP contribution is 2.30. The summed E-state index contributed by atoms with van der Waals surface area (Å²) in [5, 5.41) is 9.47. The molecule has 0 aromatic heterocycles. The zero-order valence-corrected chi connectivity index (χ0v) is 9.91. The number of hydrogen-bond donors (Lipinski definition) is 2. The van der Waals surface area contributed by atoms with Gasteiger partial charge in [-0.25, -0.2) is 0 Å². The van der Waals surface area contributed by atoms with Gasteiger partial charge in [0.25, 0.3) is 0 Å². The van der Waals surface area contributed by atoms with Crippen LogP contribution in [0.15, 0.2) is 12.1 Å². The predicted molar refractivity (Wildman–Crippen MR) is 62.2 cm³/mol. The van der Waals surface area contributed by atoms with E-state index < -0.39 is 11.9 Å². The van der Waals surface area contributed by atoms with Crippen LogP contribution in [0.5, 0.6) is 5.75 Å². The average Bonchev–Trinajstić information content (AvgIpc) is 2.23. The first-order chi connectivity index (χ1) is 7.51. The molecular weight excluding hydrogens is 230 g/mol. The number of carbonyl (C=O) groups is 1. The van der Waals surface area contributed by atoms with Crippen molar-refractivity contribution >= 4 is 17.6 Å². The topological polar surface area (TPSA) is 72.5 Å². The van der Waals surface area contributed by atoms with E-state index in [0.29, 0.717) is 16.3 Å². The van der Waals surface area contributed by atoms with Crippen LogP contribution in [-0.4, -0.2) is 24.7 Å². The monoisotopic (exact) mass is 243 g/mol. The van der Waals surface area contributed by atoms with Crippen molar-refractivity contribution in [3.05, 3.63) is 28.3 Å². The Hall–Kier alpha value is -1.26. The third-order valence-electron chi connectivity index (χ3n) is 2.48. The van der Waals surface area contributed by atoms with Gasteiger partial charge in [0, 0.05) is 17.1 Å². The Balaban J connectivity index is 3.24. The summed E-state index contributed by atoms with van der Waals surface area (Å²) in [6, 6.07) is 3.28. The van der Waals surface area contributed by atoms with Crippen molar-refractivity contribution in [1.82, 2.24) is 0 Å². The van der Waals surface area contributed by atoms with E-state index in [9.17, 15) is 4.79 Å². The highest BCUT2D eigenvalue weighted by atomic mass is 35.5. The summed E-state index contributed by atoms with van der Waals surface area (Å²) in [6.07, 6.45) is 0. The van der Waals surface area contributed by atoms with Gasteiger partial charge in [0.1, 0.15) is 5.75 Å². The first-order valence-electron chi connectivity index (χ1n) is 4.78. The van der Waals surface area contributed by atoms with E-state index in [-0.39, 0.29) is 6.54 Å². The molecule has 0 amide bonds. The zero-order chi connectivity index (χ0) is 12.3. The average molecular weight is 244 g/mol. The number of methoxy groups -OCH3 is 1. The molecule has 1 atom stereocenters. The van der Waals surface area contributed by atoms with Gasteiger partial charge in [-0.05, 0) is 24.6 Å². The third-order valence-corrected chi connectivity index (χ3v) is 2.87. The Morgan fingerprint density at radius 3 is 2.69 bits per heavy atom. The number of rotatable bonds is 4. The smallest absolute Gasteiger partial charge is 0.312 e. The van der Waals surface area contributed by atoms with Crippen molar-refractivity contribution < 1.29 is 14.6 Å². The standard InChI is InChI=1S/C11H14ClNO3/c1-6-9(12)3-7(4-10(6)16-2)8(5-13)11(14)15/h3-4,8H,5,13H2,1-2H3,(H,14,15). The van der Waals surface area contributed by atoms with Gasteiger partial charge >= 0.3 is 5.97 Å². The molecule has 88 valence electrons. The summed E-state index contributed by atoms with van der Waals surface area (Å²) in [4.78, 5) is 11.0. The molecule has 0 aliphatic rings. The maximum Gasteiger partial charge on any atom is 0.312 e. The van der Waals surface area contributed by atoms with E-state index >= 15 is 0 Å². The first-order valence-corrected chi connectivity index (χ1v) is 5.16. The Labute approximate surface area is 99.0 Å². The summed E-state index contributed by atoms with van der Waals surface area (Å²) < 4.78 is 5.12. The predicted octanol–water partition coefficient (Wildman–Crippen LogP) is 1.78. The van der Waals surface area contributed by atoms with Crippen LogP contribution in [0.1, 0.15) is 17.0 Å². The van der Waals surface area contributed by atoms with Gasteiger partial charge in [0.15, 0.2) is 0 Å². The molecule has 0 bridgehead atoms. The Bertz CT molecular complexity index is 406. The van der Waals surface area contributed by atoms with E-state index in [1.54, 1.807) is 12.1 Å². The van der Waals surface area contributed by atoms with E-state index in [1.165, 1.54) is 7.11 Å². The second kappa shape index (κ2) is 5.18. The Morgan fingerprint density at radius 2 is 2.25 bits per heavy atom. The minimum atomic E-state index is -0.968. The molecular formula is C11H14ClNO3. The van der Waals surface area contributed by atoms with Gasteiger partial charge in [-0.3, -0.25) is 4.79 Å². The lowest BCUT2D eigenvalue weighted by Gasteiger charge is -2.14. The SMILES string of the molecule is COc1cc(C(CN)C(=O)O)cc(Cl)c1C. The molecule has 0 radical (unpaired) electrons. The van der Waals surface area contributed by atoms with Crippen molar-refractivity contribution in [1.29, 1.82) is 0 Å². The molecule has 0 aliphatic carbocycles. The molecule has 0 spiro atoms. The van der Waals surface area contributed by atoms with E-state index in [2.05, 4.69) is 0 Å². The van der Waals surface area contributed by atoms with Crippen molar-refractivity contribution in [3.63, 3.8) is 0 Å². The second-order valence-corrected chi connectivity index (χ2v) is 3.86. The van der Waals surface area contributed by atoms with Crippen molar-refractivity contribution in [3.8, 4) is 5.75 Å². The number of benzene rings is 1. The number of aliphatic carboxylic acids is 1. The van der Waals surface area contributed by atoms with E-state index in [1.807, 2.05) is 6.92 Å². The molecule has 0 heterocycles. The number of halogens is 1. The minimum Gasteiger partial charge on any atom is -0.496 e. The maximum atomic E-state index is 11.0. The fourth-order valence-electron chi connectivity index (χ4n) is 1.47. The van der Waals surface area contributed by atoms with Crippen LogP contribution in [0.3, 0.4) is 0 Å². The second-order valence-electron chi connectivity index (χ2n) is 3.46. The number of hydrogen-bond acceptors (Lipinski definition) is 3. The van der Waals surface area contributed by atoms with Gasteiger partial charge in [0.05, 0.1) is 13.0 Å². The normalized spacial score (nSPS) is 12.2. The van der Waals surface area contributed by atoms with Gasteiger partial charge in [-0.2, -0.15) is 0 Å². The van der Waals surface area contributed by atoms with Crippen molar-refractivity contribution in [2.75, 3.05) is 13.7 Å². The number of ether oxygens (including phenoxy) is 1. The highest BCUT2D eigenvalue weighted by Gasteiger charge is 2.20. The van der Waals surface area contributed by atoms with Crippen molar-refractivity contribution in [2.45, 2.75) is 12.8 Å². The van der Waals surface area contributed by atoms with Crippen LogP contribution < -0.4 is 10.5 Å². The van der Waals surface area contributed by atoms with Gasteiger partial charge in [-0.1, -0.05) is 11.6 Å². The lowest BCUT2D eigenvalue weighted by molar-refractivity contribution is -0.138. The van der Waals surface area contributed by atoms with E-state index in [4.69, 9.17) is 27.2 Å². The molecule has 1 unspecified atom stereocenters. The fourth-order valence-corrected chi connectivity index (χ4v) is 1.69. The fraction of sp³-hybridized carbons (Fsp3) is 0.364. The van der Waals surface area contributed by atoms with Gasteiger partial charge < -0.3 is 15.6 Å². The minimum absolute atomic E-state index is 0.0257. The van der Waals surface area contributed by atoms with E-state index in [0.717, 1.165) is 5.56 Å². The lowest BCUT2D eigenvalue weighted by Crippen LogP contribution is -2.21. The molecule has 1 aromatic rings. The van der Waals surface area contributed by atoms with Crippen LogP contribution in [0.25, 0.3) is 0 Å². The van der Waals surface area contributed by atoms with Gasteiger partial charge in [-0.15, -0.1) is 0 Å². The van der Waals surface area contributed by atoms with Crippen LogP contribution >= 0.6 is 11.6 Å². The molecule has 0 saturated heterocycles. The number of carboxylic acid groups (broad SMARTS) is 1. The summed E-state index contributed by atoms with van der Waals surface area (Å²) in [7, 11) is 1.51. The lowest BCUT2D eigenvalue weighted by atomic mass is 9.98. The van der Waals surface area contributed by atoms with Crippen LogP contribution in [-0.2, 0) is 4.79 Å². The van der Waals surface area contributed by atoms with Crippen LogP contribution in [0, 0.1) is 6.92 Å². The molecule has 1 aromatic carbocycles. The quantitative estimate of drug-likeness (QED) is 0.846. The van der Waals surface area contributed by atoms with Gasteiger partial charge in [0.2, 0.25) is 0 Å². The van der Waals surface area contributed by atoms with Crippen LogP contribution in [0.2, 0.25) is 5.02 Å². The summed E-state index contributed by atoms with van der Waals surface area (Å²) in [5.41, 5.74) is 6.76. The summed E-state index contributed by atoms with van der Waals surface area (Å²) in [5.74, 6) is -1.15. The largest absolute Gasteiger partial charge is 0.496 e. The highest BCUT2D eigenvalue weighted by molar-refractivity contribution is 6.31. The van der Waals surface area contributed by atoms with Crippen molar-refractivity contribution in [2.24, 2.45) is 5.73 Å². The molecule has 3 N–H and O–H groups in total. The number of carboxylic acids is 1. The Kier molecular flexibility index (Phi) is 4.15.